The number of carbonyl (C=O) groups excluding carboxylic acids is 1. The third kappa shape index (κ3) is 2.66. The van der Waals surface area contributed by atoms with Crippen molar-refractivity contribution < 1.29 is 4.79 Å². The molecule has 0 radical (unpaired) electrons. The molecule has 3 aromatic heterocycles. The highest BCUT2D eigenvalue weighted by molar-refractivity contribution is 5.93. The molecule has 3 heterocycles. The van der Waals surface area contributed by atoms with E-state index < -0.39 is 0 Å². The number of nitrogens with one attached hydrogen (secondary N) is 2. The second kappa shape index (κ2) is 5.20. The molecule has 0 bridgehead atoms. The summed E-state index contributed by atoms with van der Waals surface area (Å²) in [7, 11) is 0. The number of rotatable bonds is 3. The Hall–Kier alpha value is -2.96. The molecule has 0 aliphatic carbocycles. The van der Waals surface area contributed by atoms with E-state index >= 15 is 0 Å². The van der Waals surface area contributed by atoms with Crippen molar-refractivity contribution in [1.82, 2.24) is 24.9 Å². The average Bonchev–Trinajstić information content (AvgIpc) is 2.90. The minimum Gasteiger partial charge on any atom is -0.347 e. The second-order valence-electron chi connectivity index (χ2n) is 4.67. The molecule has 0 aliphatic heterocycles. The Morgan fingerprint density at radius 1 is 1.48 bits per heavy atom. The van der Waals surface area contributed by atoms with Gasteiger partial charge in [-0.2, -0.15) is 5.10 Å². The van der Waals surface area contributed by atoms with E-state index in [1.54, 1.807) is 31.6 Å². The summed E-state index contributed by atoms with van der Waals surface area (Å²) in [6.07, 6.45) is 5.01. The summed E-state index contributed by atoms with van der Waals surface area (Å²) in [5.41, 5.74) is 1.84. The van der Waals surface area contributed by atoms with Gasteiger partial charge in [-0.3, -0.25) is 14.6 Å². The number of H-pyrrole nitrogens is 1. The van der Waals surface area contributed by atoms with Gasteiger partial charge < -0.3 is 10.3 Å². The van der Waals surface area contributed by atoms with Crippen molar-refractivity contribution in [3.8, 4) is 0 Å². The van der Waals surface area contributed by atoms with Crippen LogP contribution in [0.3, 0.4) is 0 Å². The Labute approximate surface area is 119 Å². The van der Waals surface area contributed by atoms with Gasteiger partial charge in [0.25, 0.3) is 11.5 Å². The van der Waals surface area contributed by atoms with Gasteiger partial charge in [-0.1, -0.05) is 6.07 Å². The fraction of sp³-hybridized carbons (Fsp3) is 0.143. The number of carbonyl (C=O) groups is 1. The van der Waals surface area contributed by atoms with Crippen LogP contribution in [0.2, 0.25) is 0 Å². The van der Waals surface area contributed by atoms with E-state index in [9.17, 15) is 9.59 Å². The molecule has 0 atom stereocenters. The van der Waals surface area contributed by atoms with Crippen molar-refractivity contribution in [2.45, 2.75) is 13.5 Å². The molecule has 0 aliphatic rings. The van der Waals surface area contributed by atoms with E-state index in [-0.39, 0.29) is 17.2 Å². The van der Waals surface area contributed by atoms with Gasteiger partial charge in [0.05, 0.1) is 0 Å². The maximum atomic E-state index is 12.1. The molecule has 1 amide bonds. The van der Waals surface area contributed by atoms with Gasteiger partial charge in [-0.05, 0) is 18.6 Å². The molecule has 0 aromatic carbocycles. The first-order chi connectivity index (χ1) is 10.1. The highest BCUT2D eigenvalue weighted by Crippen LogP contribution is 2.03. The third-order valence-corrected chi connectivity index (χ3v) is 3.00. The summed E-state index contributed by atoms with van der Waals surface area (Å²) in [6.45, 7) is 2.11. The first kappa shape index (κ1) is 13.0. The number of fused-ring (bicyclic) bond motifs is 1. The lowest BCUT2D eigenvalue weighted by Gasteiger charge is -2.02. The minimum atomic E-state index is -0.334. The standard InChI is InChI=1S/C14H13N5O2/c1-9-8-19-12(14(21)17-9)5-11(18-19)13(20)16-7-10-3-2-4-15-6-10/h2-6,8H,7H2,1H3,(H,16,20)(H,17,21). The van der Waals surface area contributed by atoms with Crippen molar-refractivity contribution in [2.24, 2.45) is 0 Å². The smallest absolute Gasteiger partial charge is 0.274 e. The van der Waals surface area contributed by atoms with Gasteiger partial charge in [0, 0.05) is 36.9 Å². The Bertz CT molecular complexity index is 851. The van der Waals surface area contributed by atoms with Crippen molar-refractivity contribution in [3.05, 3.63) is 64.1 Å². The quantitative estimate of drug-likeness (QED) is 0.738. The lowest BCUT2D eigenvalue weighted by atomic mass is 10.3. The van der Waals surface area contributed by atoms with Gasteiger partial charge in [-0.25, -0.2) is 4.52 Å². The average molecular weight is 283 g/mol. The van der Waals surface area contributed by atoms with Crippen LogP contribution in [0.4, 0.5) is 0 Å². The van der Waals surface area contributed by atoms with E-state index in [0.717, 1.165) is 5.56 Å². The molecular formula is C14H13N5O2. The number of pyridine rings is 1. The molecule has 3 rings (SSSR count). The SMILES string of the molecule is Cc1cn2nc(C(=O)NCc3cccnc3)cc2c(=O)[nH]1. The monoisotopic (exact) mass is 283 g/mol. The van der Waals surface area contributed by atoms with Crippen LogP contribution in [0, 0.1) is 6.92 Å². The third-order valence-electron chi connectivity index (χ3n) is 3.00. The molecule has 0 saturated heterocycles. The van der Waals surface area contributed by atoms with Crippen LogP contribution >= 0.6 is 0 Å². The predicted octanol–water partition coefficient (Wildman–Crippen LogP) is 0.656. The summed E-state index contributed by atoms with van der Waals surface area (Å²) in [5.74, 6) is -0.334. The summed E-state index contributed by atoms with van der Waals surface area (Å²) in [5, 5.41) is 6.86. The first-order valence-electron chi connectivity index (χ1n) is 6.40. The first-order valence-corrected chi connectivity index (χ1v) is 6.40. The van der Waals surface area contributed by atoms with Crippen molar-refractivity contribution in [2.75, 3.05) is 0 Å². The molecule has 0 spiro atoms. The molecule has 3 aromatic rings. The van der Waals surface area contributed by atoms with Crippen LogP contribution in [0.25, 0.3) is 5.52 Å². The molecule has 2 N–H and O–H groups in total. The molecule has 0 fully saturated rings. The molecule has 0 saturated carbocycles. The zero-order valence-corrected chi connectivity index (χ0v) is 11.3. The minimum absolute atomic E-state index is 0.204. The largest absolute Gasteiger partial charge is 0.347 e. The van der Waals surface area contributed by atoms with Crippen molar-refractivity contribution in [3.63, 3.8) is 0 Å². The number of aromatic nitrogens is 4. The predicted molar refractivity (Wildman–Crippen MR) is 76.0 cm³/mol. The van der Waals surface area contributed by atoms with Crippen LogP contribution in [-0.2, 0) is 6.54 Å². The second-order valence-corrected chi connectivity index (χ2v) is 4.67. The topological polar surface area (TPSA) is 92.2 Å². The number of hydrogen-bond donors (Lipinski definition) is 2. The van der Waals surface area contributed by atoms with Gasteiger partial charge in [0.15, 0.2) is 5.69 Å². The van der Waals surface area contributed by atoms with Gasteiger partial charge >= 0.3 is 0 Å². The zero-order valence-electron chi connectivity index (χ0n) is 11.3. The van der Waals surface area contributed by atoms with Gasteiger partial charge in [-0.15, -0.1) is 0 Å². The molecule has 7 nitrogen and oxygen atoms in total. The highest BCUT2D eigenvalue weighted by Gasteiger charge is 2.12. The zero-order chi connectivity index (χ0) is 14.8. The fourth-order valence-electron chi connectivity index (χ4n) is 2.01. The highest BCUT2D eigenvalue weighted by atomic mass is 16.2. The molecule has 7 heteroatoms. The molecule has 21 heavy (non-hydrogen) atoms. The fourth-order valence-corrected chi connectivity index (χ4v) is 2.01. The normalized spacial score (nSPS) is 10.7. The Balaban J connectivity index is 1.82. The Kier molecular flexibility index (Phi) is 3.23. The lowest BCUT2D eigenvalue weighted by Crippen LogP contribution is -2.23. The summed E-state index contributed by atoms with van der Waals surface area (Å²) < 4.78 is 1.41. The van der Waals surface area contributed by atoms with Crippen LogP contribution < -0.4 is 10.9 Å². The molecular weight excluding hydrogens is 270 g/mol. The number of nitrogens with zero attached hydrogens (tertiary/aromatic N) is 3. The van der Waals surface area contributed by atoms with Crippen LogP contribution in [0.15, 0.2) is 41.6 Å². The van der Waals surface area contributed by atoms with Crippen molar-refractivity contribution in [1.29, 1.82) is 0 Å². The Morgan fingerprint density at radius 2 is 2.33 bits per heavy atom. The number of aryl methyl sites for hydroxylation is 1. The van der Waals surface area contributed by atoms with Crippen LogP contribution in [-0.4, -0.2) is 25.5 Å². The summed E-state index contributed by atoms with van der Waals surface area (Å²) >= 11 is 0. The lowest BCUT2D eigenvalue weighted by molar-refractivity contribution is 0.0945. The van der Waals surface area contributed by atoms with E-state index in [4.69, 9.17) is 0 Å². The van der Waals surface area contributed by atoms with Crippen LogP contribution in [0.5, 0.6) is 0 Å². The number of aromatic amines is 1. The van der Waals surface area contributed by atoms with E-state index in [1.165, 1.54) is 10.6 Å². The maximum absolute atomic E-state index is 12.1. The van der Waals surface area contributed by atoms with Gasteiger partial charge in [0.2, 0.25) is 0 Å². The number of hydrogen-bond acceptors (Lipinski definition) is 4. The van der Waals surface area contributed by atoms with E-state index in [1.807, 2.05) is 6.07 Å². The Morgan fingerprint density at radius 3 is 3.10 bits per heavy atom. The van der Waals surface area contributed by atoms with Gasteiger partial charge in [0.1, 0.15) is 5.52 Å². The van der Waals surface area contributed by atoms with Crippen LogP contribution in [0.1, 0.15) is 21.7 Å². The number of amides is 1. The molecule has 106 valence electrons. The van der Waals surface area contributed by atoms with E-state index in [0.29, 0.717) is 17.8 Å². The summed E-state index contributed by atoms with van der Waals surface area (Å²) in [4.78, 5) is 30.5. The van der Waals surface area contributed by atoms with E-state index in [2.05, 4.69) is 20.4 Å². The summed E-state index contributed by atoms with van der Waals surface area (Å²) in [6, 6.07) is 5.14. The van der Waals surface area contributed by atoms with Crippen molar-refractivity contribution >= 4 is 11.4 Å². The maximum Gasteiger partial charge on any atom is 0.274 e. The molecule has 0 unspecified atom stereocenters.